The lowest BCUT2D eigenvalue weighted by atomic mass is 10.0. The third-order valence-corrected chi connectivity index (χ3v) is 3.16. The fourth-order valence-corrected chi connectivity index (χ4v) is 2.02. The number of hydrogen-bond donors (Lipinski definition) is 2. The first-order valence-electron chi connectivity index (χ1n) is 5.91. The first-order chi connectivity index (χ1) is 8.92. The Kier molecular flexibility index (Phi) is 3.53. The second-order valence-corrected chi connectivity index (χ2v) is 4.63. The van der Waals surface area contributed by atoms with Gasteiger partial charge >= 0.3 is 5.97 Å². The molecule has 1 saturated heterocycles. The Morgan fingerprint density at radius 2 is 2.21 bits per heavy atom. The van der Waals surface area contributed by atoms with Crippen molar-refractivity contribution in [3.63, 3.8) is 0 Å². The lowest BCUT2D eigenvalue weighted by Crippen LogP contribution is -2.39. The number of carboxylic acids is 1. The predicted molar refractivity (Wildman–Crippen MR) is 65.6 cm³/mol. The summed E-state index contributed by atoms with van der Waals surface area (Å²) in [6, 6.07) is 3.14. The van der Waals surface area contributed by atoms with Crippen LogP contribution in [0.5, 0.6) is 0 Å². The molecule has 1 heterocycles. The van der Waals surface area contributed by atoms with Gasteiger partial charge in [-0.3, -0.25) is 4.79 Å². The molecule has 2 N–H and O–H groups in total. The summed E-state index contributed by atoms with van der Waals surface area (Å²) in [6.45, 7) is 2.12. The standard InChI is InChI=1S/C13H14FNO4/c1-13(5-2-6-19-13)12(18)15-10-7-8(14)3-4-9(10)11(16)17/h3-4,7H,2,5-6H2,1H3,(H,15,18)(H,16,17). The summed E-state index contributed by atoms with van der Waals surface area (Å²) in [5.74, 6) is -2.30. The normalized spacial score (nSPS) is 22.2. The maximum absolute atomic E-state index is 13.2. The number of carboxylic acid groups (broad SMARTS) is 1. The van der Waals surface area contributed by atoms with E-state index in [-0.39, 0.29) is 11.3 Å². The molecule has 19 heavy (non-hydrogen) atoms. The number of carbonyl (C=O) groups is 2. The number of carbonyl (C=O) groups excluding carboxylic acids is 1. The molecule has 1 amide bonds. The topological polar surface area (TPSA) is 75.6 Å². The fraction of sp³-hybridized carbons (Fsp3) is 0.385. The molecule has 0 bridgehead atoms. The molecule has 5 nitrogen and oxygen atoms in total. The van der Waals surface area contributed by atoms with Crippen LogP contribution in [0.15, 0.2) is 18.2 Å². The minimum atomic E-state index is -1.23. The van der Waals surface area contributed by atoms with Crippen LogP contribution in [0, 0.1) is 5.82 Å². The van der Waals surface area contributed by atoms with Crippen molar-refractivity contribution in [1.82, 2.24) is 0 Å². The summed E-state index contributed by atoms with van der Waals surface area (Å²) >= 11 is 0. The van der Waals surface area contributed by atoms with Crippen LogP contribution in [0.3, 0.4) is 0 Å². The molecule has 1 atom stereocenters. The van der Waals surface area contributed by atoms with Crippen LogP contribution >= 0.6 is 0 Å². The molecule has 6 heteroatoms. The van der Waals surface area contributed by atoms with Crippen molar-refractivity contribution in [3.8, 4) is 0 Å². The van der Waals surface area contributed by atoms with Gasteiger partial charge in [-0.25, -0.2) is 9.18 Å². The van der Waals surface area contributed by atoms with Gasteiger partial charge in [0.25, 0.3) is 5.91 Å². The first kappa shape index (κ1) is 13.5. The van der Waals surface area contributed by atoms with E-state index >= 15 is 0 Å². The van der Waals surface area contributed by atoms with Crippen LogP contribution in [0.25, 0.3) is 0 Å². The second-order valence-electron chi connectivity index (χ2n) is 4.63. The Labute approximate surface area is 109 Å². The van der Waals surface area contributed by atoms with Crippen molar-refractivity contribution in [2.24, 2.45) is 0 Å². The fourth-order valence-electron chi connectivity index (χ4n) is 2.02. The van der Waals surface area contributed by atoms with Gasteiger partial charge in [0.2, 0.25) is 0 Å². The van der Waals surface area contributed by atoms with E-state index in [0.29, 0.717) is 13.0 Å². The molecule has 0 aliphatic carbocycles. The Morgan fingerprint density at radius 3 is 2.79 bits per heavy atom. The average Bonchev–Trinajstić information content (AvgIpc) is 2.77. The van der Waals surface area contributed by atoms with E-state index in [4.69, 9.17) is 9.84 Å². The summed E-state index contributed by atoms with van der Waals surface area (Å²) in [6.07, 6.45) is 1.31. The molecule has 2 rings (SSSR count). The molecule has 0 aromatic heterocycles. The molecule has 1 unspecified atom stereocenters. The van der Waals surface area contributed by atoms with Gasteiger partial charge in [0, 0.05) is 6.61 Å². The number of anilines is 1. The van der Waals surface area contributed by atoms with Gasteiger partial charge in [-0.15, -0.1) is 0 Å². The SMILES string of the molecule is CC1(C(=O)Nc2cc(F)ccc2C(=O)O)CCCO1. The number of benzene rings is 1. The molecule has 0 radical (unpaired) electrons. The quantitative estimate of drug-likeness (QED) is 0.878. The van der Waals surface area contributed by atoms with Crippen molar-refractivity contribution >= 4 is 17.6 Å². The minimum Gasteiger partial charge on any atom is -0.478 e. The largest absolute Gasteiger partial charge is 0.478 e. The molecular weight excluding hydrogens is 253 g/mol. The zero-order valence-electron chi connectivity index (χ0n) is 10.4. The minimum absolute atomic E-state index is 0.0609. The highest BCUT2D eigenvalue weighted by atomic mass is 19.1. The van der Waals surface area contributed by atoms with Crippen LogP contribution in [0.1, 0.15) is 30.1 Å². The van der Waals surface area contributed by atoms with Crippen LogP contribution < -0.4 is 5.32 Å². The van der Waals surface area contributed by atoms with E-state index in [9.17, 15) is 14.0 Å². The summed E-state index contributed by atoms with van der Waals surface area (Å²) in [7, 11) is 0. The van der Waals surface area contributed by atoms with Crippen molar-refractivity contribution in [1.29, 1.82) is 0 Å². The second kappa shape index (κ2) is 4.97. The van der Waals surface area contributed by atoms with Gasteiger partial charge in [0.05, 0.1) is 11.3 Å². The number of nitrogens with one attached hydrogen (secondary N) is 1. The first-order valence-corrected chi connectivity index (χ1v) is 5.91. The van der Waals surface area contributed by atoms with Crippen LogP contribution in [-0.4, -0.2) is 29.2 Å². The number of aromatic carboxylic acids is 1. The molecule has 1 aromatic rings. The van der Waals surface area contributed by atoms with Gasteiger partial charge in [-0.05, 0) is 38.0 Å². The molecule has 0 saturated carbocycles. The highest BCUT2D eigenvalue weighted by Crippen LogP contribution is 2.27. The monoisotopic (exact) mass is 267 g/mol. The third-order valence-electron chi connectivity index (χ3n) is 3.16. The zero-order valence-corrected chi connectivity index (χ0v) is 10.4. The zero-order chi connectivity index (χ0) is 14.0. The van der Waals surface area contributed by atoms with Gasteiger partial charge < -0.3 is 15.2 Å². The summed E-state index contributed by atoms with van der Waals surface area (Å²) in [4.78, 5) is 23.1. The molecule has 1 aliphatic rings. The van der Waals surface area contributed by atoms with Gasteiger partial charge in [-0.1, -0.05) is 0 Å². The van der Waals surface area contributed by atoms with Crippen molar-refractivity contribution in [2.75, 3.05) is 11.9 Å². The maximum atomic E-state index is 13.2. The summed E-state index contributed by atoms with van der Waals surface area (Å²) in [5.41, 5.74) is -1.20. The van der Waals surface area contributed by atoms with Crippen molar-refractivity contribution in [2.45, 2.75) is 25.4 Å². The molecule has 102 valence electrons. The smallest absolute Gasteiger partial charge is 0.337 e. The molecule has 1 fully saturated rings. The highest BCUT2D eigenvalue weighted by molar-refractivity contribution is 6.03. The van der Waals surface area contributed by atoms with Gasteiger partial charge in [-0.2, -0.15) is 0 Å². The van der Waals surface area contributed by atoms with E-state index in [0.717, 1.165) is 24.6 Å². The van der Waals surface area contributed by atoms with E-state index in [1.54, 1.807) is 6.92 Å². The van der Waals surface area contributed by atoms with E-state index in [1.165, 1.54) is 0 Å². The van der Waals surface area contributed by atoms with Crippen LogP contribution in [0.4, 0.5) is 10.1 Å². The molecular formula is C13H14FNO4. The lowest BCUT2D eigenvalue weighted by Gasteiger charge is -2.22. The Balaban J connectivity index is 2.25. The van der Waals surface area contributed by atoms with Crippen molar-refractivity contribution < 1.29 is 23.8 Å². The average molecular weight is 267 g/mol. The van der Waals surface area contributed by atoms with E-state index in [2.05, 4.69) is 5.32 Å². The highest BCUT2D eigenvalue weighted by Gasteiger charge is 2.38. The number of rotatable bonds is 3. The van der Waals surface area contributed by atoms with Gasteiger partial charge in [0.15, 0.2) is 0 Å². The maximum Gasteiger partial charge on any atom is 0.337 e. The Hall–Kier alpha value is -1.95. The number of hydrogen-bond acceptors (Lipinski definition) is 3. The van der Waals surface area contributed by atoms with Crippen molar-refractivity contribution in [3.05, 3.63) is 29.6 Å². The molecule has 1 aromatic carbocycles. The van der Waals surface area contributed by atoms with Crippen LogP contribution in [0.2, 0.25) is 0 Å². The van der Waals surface area contributed by atoms with Crippen LogP contribution in [-0.2, 0) is 9.53 Å². The number of amides is 1. The molecule has 0 spiro atoms. The summed E-state index contributed by atoms with van der Waals surface area (Å²) in [5, 5.41) is 11.4. The van der Waals surface area contributed by atoms with E-state index < -0.39 is 23.3 Å². The summed E-state index contributed by atoms with van der Waals surface area (Å²) < 4.78 is 18.5. The number of halogens is 1. The Bertz CT molecular complexity index is 523. The third kappa shape index (κ3) is 2.73. The van der Waals surface area contributed by atoms with E-state index in [1.807, 2.05) is 0 Å². The Morgan fingerprint density at radius 1 is 1.47 bits per heavy atom. The number of ether oxygens (including phenoxy) is 1. The van der Waals surface area contributed by atoms with Gasteiger partial charge in [0.1, 0.15) is 11.4 Å². The predicted octanol–water partition coefficient (Wildman–Crippen LogP) is 2.03. The lowest BCUT2D eigenvalue weighted by molar-refractivity contribution is -0.133. The molecule has 1 aliphatic heterocycles.